The Labute approximate surface area is 184 Å². The Morgan fingerprint density at radius 2 is 2.00 bits per heavy atom. The molecule has 0 saturated carbocycles. The predicted octanol–water partition coefficient (Wildman–Crippen LogP) is 4.06. The number of rotatable bonds is 2. The molecule has 1 amide bonds. The first-order valence-corrected chi connectivity index (χ1v) is 10.5. The molecule has 0 unspecified atom stereocenters. The van der Waals surface area contributed by atoms with Gasteiger partial charge >= 0.3 is 6.09 Å². The van der Waals surface area contributed by atoms with Crippen molar-refractivity contribution in [1.29, 1.82) is 0 Å². The summed E-state index contributed by atoms with van der Waals surface area (Å²) in [5, 5.41) is 0.805. The van der Waals surface area contributed by atoms with Crippen LogP contribution in [0.1, 0.15) is 39.3 Å². The van der Waals surface area contributed by atoms with Crippen LogP contribution in [-0.4, -0.2) is 50.4 Å². The molecular weight excluding hydrogens is 420 g/mol. The minimum Gasteiger partial charge on any atom is -0.444 e. The fourth-order valence-corrected chi connectivity index (χ4v) is 3.97. The van der Waals surface area contributed by atoms with Crippen LogP contribution >= 0.6 is 11.6 Å². The minimum atomic E-state index is -0.579. The Morgan fingerprint density at radius 1 is 1.29 bits per heavy atom. The first kappa shape index (κ1) is 21.4. The van der Waals surface area contributed by atoms with Crippen LogP contribution in [0.3, 0.4) is 0 Å². The van der Waals surface area contributed by atoms with Gasteiger partial charge in [0.1, 0.15) is 10.8 Å². The Kier molecular flexibility index (Phi) is 5.53. The van der Waals surface area contributed by atoms with Crippen LogP contribution in [-0.2, 0) is 9.47 Å². The van der Waals surface area contributed by atoms with E-state index in [1.807, 2.05) is 52.0 Å². The fraction of sp³-hybridized carbons (Fsp3) is 0.409. The maximum Gasteiger partial charge on any atom is 0.410 e. The SMILES string of the molecule is C[C@H]1CN(C(=O)OC(C)(C)C)[C@@H](c2ccc(-n3c(Cl)cc4c(=O)[nH]cnc43)cc2)CO1. The highest BCUT2D eigenvalue weighted by atomic mass is 35.5. The highest BCUT2D eigenvalue weighted by Crippen LogP contribution is 2.30. The Balaban J connectivity index is 1.66. The second kappa shape index (κ2) is 8.01. The zero-order valence-electron chi connectivity index (χ0n) is 17.9. The van der Waals surface area contributed by atoms with Crippen molar-refractivity contribution in [3.63, 3.8) is 0 Å². The number of hydrogen-bond donors (Lipinski definition) is 1. The molecule has 2 atom stereocenters. The van der Waals surface area contributed by atoms with E-state index in [2.05, 4.69) is 9.97 Å². The molecule has 0 radical (unpaired) electrons. The van der Waals surface area contributed by atoms with E-state index in [1.165, 1.54) is 6.33 Å². The molecule has 8 nitrogen and oxygen atoms in total. The van der Waals surface area contributed by atoms with Crippen LogP contribution in [0.25, 0.3) is 16.7 Å². The van der Waals surface area contributed by atoms with Crippen molar-refractivity contribution in [3.8, 4) is 5.69 Å². The topological polar surface area (TPSA) is 89.5 Å². The second-order valence-electron chi connectivity index (χ2n) is 8.66. The third kappa shape index (κ3) is 4.31. The van der Waals surface area contributed by atoms with Gasteiger partial charge in [0.2, 0.25) is 0 Å². The van der Waals surface area contributed by atoms with Crippen LogP contribution < -0.4 is 5.56 Å². The van der Waals surface area contributed by atoms with Crippen molar-refractivity contribution in [2.45, 2.75) is 45.4 Å². The molecule has 2 aromatic heterocycles. The van der Waals surface area contributed by atoms with Crippen LogP contribution in [0.15, 0.2) is 41.5 Å². The number of aromatic nitrogens is 3. The molecule has 3 heterocycles. The van der Waals surface area contributed by atoms with Crippen LogP contribution in [0.4, 0.5) is 4.79 Å². The number of hydrogen-bond acceptors (Lipinski definition) is 5. The Morgan fingerprint density at radius 3 is 2.68 bits per heavy atom. The lowest BCUT2D eigenvalue weighted by Gasteiger charge is -2.39. The van der Waals surface area contributed by atoms with Crippen molar-refractivity contribution in [1.82, 2.24) is 19.4 Å². The van der Waals surface area contributed by atoms with E-state index in [1.54, 1.807) is 15.5 Å². The van der Waals surface area contributed by atoms with Crippen molar-refractivity contribution in [2.75, 3.05) is 13.2 Å². The molecule has 3 aromatic rings. The molecular formula is C22H25ClN4O4. The zero-order chi connectivity index (χ0) is 22.3. The van der Waals surface area contributed by atoms with E-state index in [0.29, 0.717) is 29.3 Å². The standard InChI is InChI=1S/C22H25ClN4O4/c1-13-10-26(21(29)31-22(2,3)4)17(11-30-13)14-5-7-15(8-6-14)27-18(23)9-16-19(27)24-12-25-20(16)28/h5-9,12-13,17H,10-11H2,1-4H3,(H,24,25,28)/t13-,17+/m0/s1. The minimum absolute atomic E-state index is 0.0720. The number of carbonyl (C=O) groups is 1. The van der Waals surface area contributed by atoms with Gasteiger partial charge in [-0.15, -0.1) is 0 Å². The molecule has 9 heteroatoms. The van der Waals surface area contributed by atoms with Gasteiger partial charge in [-0.2, -0.15) is 0 Å². The van der Waals surface area contributed by atoms with Gasteiger partial charge in [0, 0.05) is 5.69 Å². The third-order valence-electron chi connectivity index (χ3n) is 5.09. The van der Waals surface area contributed by atoms with Gasteiger partial charge in [0.05, 0.1) is 37.0 Å². The quantitative estimate of drug-likeness (QED) is 0.643. The number of carbonyl (C=O) groups excluding carboxylic acids is 1. The van der Waals surface area contributed by atoms with Gasteiger partial charge in [-0.1, -0.05) is 23.7 Å². The Bertz CT molecular complexity index is 1160. The predicted molar refractivity (Wildman–Crippen MR) is 118 cm³/mol. The van der Waals surface area contributed by atoms with Gasteiger partial charge in [-0.3, -0.25) is 14.3 Å². The summed E-state index contributed by atoms with van der Waals surface area (Å²) in [5.74, 6) is 0. The molecule has 1 N–H and O–H groups in total. The second-order valence-corrected chi connectivity index (χ2v) is 9.04. The van der Waals surface area contributed by atoms with E-state index < -0.39 is 5.60 Å². The van der Waals surface area contributed by atoms with E-state index >= 15 is 0 Å². The van der Waals surface area contributed by atoms with Crippen molar-refractivity contribution in [2.24, 2.45) is 0 Å². The molecule has 1 aliphatic rings. The largest absolute Gasteiger partial charge is 0.444 e. The van der Waals surface area contributed by atoms with Crippen LogP contribution in [0.5, 0.6) is 0 Å². The zero-order valence-corrected chi connectivity index (χ0v) is 18.6. The molecule has 0 spiro atoms. The van der Waals surface area contributed by atoms with Crippen molar-refractivity contribution < 1.29 is 14.3 Å². The smallest absolute Gasteiger partial charge is 0.410 e. The van der Waals surface area contributed by atoms with E-state index in [-0.39, 0.29) is 23.8 Å². The van der Waals surface area contributed by atoms with Crippen molar-refractivity contribution >= 4 is 28.7 Å². The molecule has 1 fully saturated rings. The summed E-state index contributed by atoms with van der Waals surface area (Å²) in [6.45, 7) is 8.31. The summed E-state index contributed by atoms with van der Waals surface area (Å²) in [6.07, 6.45) is 0.919. The number of amides is 1. The molecule has 0 aliphatic carbocycles. The number of benzene rings is 1. The maximum absolute atomic E-state index is 12.8. The first-order chi connectivity index (χ1) is 14.6. The molecule has 1 aromatic carbocycles. The number of nitrogens with zero attached hydrogens (tertiary/aromatic N) is 3. The van der Waals surface area contributed by atoms with Gasteiger partial charge in [-0.25, -0.2) is 9.78 Å². The molecule has 164 valence electrons. The van der Waals surface area contributed by atoms with Crippen molar-refractivity contribution in [3.05, 3.63) is 57.7 Å². The number of nitrogens with one attached hydrogen (secondary N) is 1. The lowest BCUT2D eigenvalue weighted by Crippen LogP contribution is -2.48. The van der Waals surface area contributed by atoms with Crippen LogP contribution in [0.2, 0.25) is 5.15 Å². The number of aromatic amines is 1. The van der Waals surface area contributed by atoms with Crippen LogP contribution in [0, 0.1) is 0 Å². The van der Waals surface area contributed by atoms with Gasteiger partial charge in [-0.05, 0) is 51.5 Å². The number of halogens is 1. The normalized spacial score (nSPS) is 19.6. The maximum atomic E-state index is 12.8. The molecule has 4 rings (SSSR count). The summed E-state index contributed by atoms with van der Waals surface area (Å²) in [5.41, 5.74) is 1.33. The molecule has 1 saturated heterocycles. The highest BCUT2D eigenvalue weighted by molar-refractivity contribution is 6.31. The lowest BCUT2D eigenvalue weighted by molar-refractivity contribution is -0.0644. The average Bonchev–Trinajstić information content (AvgIpc) is 3.04. The van der Waals surface area contributed by atoms with Gasteiger partial charge < -0.3 is 14.5 Å². The van der Waals surface area contributed by atoms with E-state index in [0.717, 1.165) is 11.3 Å². The van der Waals surface area contributed by atoms with E-state index in [9.17, 15) is 9.59 Å². The summed E-state index contributed by atoms with van der Waals surface area (Å²) >= 11 is 6.39. The fourth-order valence-electron chi connectivity index (χ4n) is 3.69. The summed E-state index contributed by atoms with van der Waals surface area (Å²) in [7, 11) is 0. The van der Waals surface area contributed by atoms with Gasteiger partial charge in [0.15, 0.2) is 5.65 Å². The number of morpholine rings is 1. The lowest BCUT2D eigenvalue weighted by atomic mass is 10.0. The van der Waals surface area contributed by atoms with Gasteiger partial charge in [0.25, 0.3) is 5.56 Å². The monoisotopic (exact) mass is 444 g/mol. The summed E-state index contributed by atoms with van der Waals surface area (Å²) < 4.78 is 13.1. The summed E-state index contributed by atoms with van der Waals surface area (Å²) in [6, 6.07) is 8.94. The van der Waals surface area contributed by atoms with E-state index in [4.69, 9.17) is 21.1 Å². The molecule has 0 bridgehead atoms. The highest BCUT2D eigenvalue weighted by Gasteiger charge is 2.34. The first-order valence-electron chi connectivity index (χ1n) is 10.1. The molecule has 31 heavy (non-hydrogen) atoms. The number of ether oxygens (including phenoxy) is 2. The third-order valence-corrected chi connectivity index (χ3v) is 5.37. The molecule has 1 aliphatic heterocycles. The number of fused-ring (bicyclic) bond motifs is 1. The average molecular weight is 445 g/mol. The summed E-state index contributed by atoms with van der Waals surface area (Å²) in [4.78, 5) is 33.4. The Hall–Kier alpha value is -2.84. The number of H-pyrrole nitrogens is 1.